The number of hydrogen-bond donors (Lipinski definition) is 1. The molecule has 2 atom stereocenters. The van der Waals surface area contributed by atoms with E-state index in [1.54, 1.807) is 30.3 Å². The van der Waals surface area contributed by atoms with Crippen molar-refractivity contribution in [1.82, 2.24) is 19.3 Å². The molecule has 13 heteroatoms. The van der Waals surface area contributed by atoms with Crippen LogP contribution in [0.3, 0.4) is 0 Å². The summed E-state index contributed by atoms with van der Waals surface area (Å²) in [6.45, 7) is 2.96. The zero-order valence-corrected chi connectivity index (χ0v) is 24.9. The summed E-state index contributed by atoms with van der Waals surface area (Å²) >= 11 is 0. The van der Waals surface area contributed by atoms with Gasteiger partial charge in [0.1, 0.15) is 17.0 Å². The molecule has 0 fully saturated rings. The van der Waals surface area contributed by atoms with Crippen LogP contribution in [0.25, 0.3) is 11.0 Å². The molecule has 43 heavy (non-hydrogen) atoms. The maximum Gasteiger partial charge on any atom is 0.385 e. The van der Waals surface area contributed by atoms with Gasteiger partial charge in [-0.2, -0.15) is 12.7 Å². The highest BCUT2D eigenvalue weighted by Crippen LogP contribution is 2.42. The van der Waals surface area contributed by atoms with Crippen molar-refractivity contribution in [3.63, 3.8) is 0 Å². The van der Waals surface area contributed by atoms with Crippen LogP contribution in [-0.2, 0) is 34.7 Å². The Kier molecular flexibility index (Phi) is 7.61. The lowest BCUT2D eigenvalue weighted by molar-refractivity contribution is -0.137. The van der Waals surface area contributed by atoms with Crippen LogP contribution in [0, 0.1) is 6.92 Å². The molecule has 3 aliphatic rings. The van der Waals surface area contributed by atoms with E-state index in [0.717, 1.165) is 29.5 Å². The van der Waals surface area contributed by atoms with Crippen molar-refractivity contribution in [2.24, 2.45) is 0 Å². The number of fused-ring (bicyclic) bond motifs is 5. The van der Waals surface area contributed by atoms with Gasteiger partial charge in [-0.25, -0.2) is 4.68 Å². The number of rotatable bonds is 4. The molecule has 4 aromatic rings. The Morgan fingerprint density at radius 2 is 1.88 bits per heavy atom. The maximum absolute atomic E-state index is 13.2. The monoisotopic (exact) mass is 608 g/mol. The molecule has 7 rings (SSSR count). The second-order valence-electron chi connectivity index (χ2n) is 10.7. The first kappa shape index (κ1) is 28.7. The van der Waals surface area contributed by atoms with Crippen molar-refractivity contribution in [1.29, 1.82) is 0 Å². The van der Waals surface area contributed by atoms with Crippen LogP contribution in [0.15, 0.2) is 42.5 Å². The van der Waals surface area contributed by atoms with E-state index in [4.69, 9.17) is 18.4 Å². The normalized spacial score (nSPS) is 19.5. The molecule has 0 spiro atoms. The Bertz CT molecular complexity index is 1820. The smallest absolute Gasteiger partial charge is 0.385 e. The van der Waals surface area contributed by atoms with E-state index in [0.29, 0.717) is 52.6 Å². The Labute approximate surface area is 249 Å². The summed E-state index contributed by atoms with van der Waals surface area (Å²) in [6.07, 6.45) is 1.36. The third-order valence-corrected chi connectivity index (χ3v) is 9.27. The van der Waals surface area contributed by atoms with Crippen LogP contribution < -0.4 is 18.4 Å². The van der Waals surface area contributed by atoms with Gasteiger partial charge < -0.3 is 23.5 Å². The Balaban J connectivity index is 1.53. The number of ether oxygens (including phenoxy) is 3. The fourth-order valence-corrected chi connectivity index (χ4v) is 6.95. The zero-order valence-electron chi connectivity index (χ0n) is 24.1. The molecule has 9 bridgehead atoms. The van der Waals surface area contributed by atoms with Gasteiger partial charge in [0, 0.05) is 36.7 Å². The summed E-state index contributed by atoms with van der Waals surface area (Å²) in [6, 6.07) is 12.4. The van der Waals surface area contributed by atoms with E-state index in [1.807, 2.05) is 23.7 Å². The van der Waals surface area contributed by atoms with E-state index >= 15 is 0 Å². The van der Waals surface area contributed by atoms with Gasteiger partial charge in [0.15, 0.2) is 11.5 Å². The molecule has 1 N–H and O–H groups in total. The van der Waals surface area contributed by atoms with Crippen molar-refractivity contribution in [3.05, 3.63) is 70.3 Å². The van der Waals surface area contributed by atoms with Crippen molar-refractivity contribution < 1.29 is 36.7 Å². The number of carboxylic acid groups (broad SMARTS) is 1. The molecular formula is C30H32N4O8S. The molecule has 4 heterocycles. The zero-order chi connectivity index (χ0) is 30.3. The van der Waals surface area contributed by atoms with Crippen molar-refractivity contribution >= 4 is 27.3 Å². The summed E-state index contributed by atoms with van der Waals surface area (Å²) in [5.74, 6) is -0.0203. The lowest BCUT2D eigenvalue weighted by Crippen LogP contribution is -2.37. The molecule has 2 unspecified atom stereocenters. The second kappa shape index (κ2) is 11.4. The quantitative estimate of drug-likeness (QED) is 0.359. The largest absolute Gasteiger partial charge is 0.494 e. The molecule has 3 aliphatic heterocycles. The molecule has 0 radical (unpaired) electrons. The van der Waals surface area contributed by atoms with Crippen molar-refractivity contribution in [2.45, 2.75) is 51.7 Å². The third kappa shape index (κ3) is 5.45. The lowest BCUT2D eigenvalue weighted by Gasteiger charge is -2.29. The number of benzene rings is 3. The van der Waals surface area contributed by atoms with Gasteiger partial charge in [0.2, 0.25) is 0 Å². The first-order valence-corrected chi connectivity index (χ1v) is 15.3. The first-order chi connectivity index (χ1) is 20.7. The van der Waals surface area contributed by atoms with Gasteiger partial charge in [0.25, 0.3) is 0 Å². The highest BCUT2D eigenvalue weighted by atomic mass is 32.2. The fraction of sp³-hybridized carbons (Fsp3) is 0.367. The first-order valence-electron chi connectivity index (χ1n) is 13.9. The molecule has 0 saturated heterocycles. The predicted molar refractivity (Wildman–Crippen MR) is 156 cm³/mol. The number of nitrogens with zero attached hydrogens (tertiary/aromatic N) is 4. The SMILES string of the molecule is COc1cc2cc(c1OC)CN1Cc3cc(ccc3OS1(=O)=O)OCCCCn1nnc3c(C)c(ccc31)C2CC(=O)O. The molecule has 0 saturated carbocycles. The number of aliphatic carboxylic acids is 1. The van der Waals surface area contributed by atoms with Crippen LogP contribution in [0.1, 0.15) is 53.0 Å². The Hall–Kier alpha value is -4.36. The van der Waals surface area contributed by atoms with E-state index < -0.39 is 22.2 Å². The van der Waals surface area contributed by atoms with Gasteiger partial charge in [-0.1, -0.05) is 11.3 Å². The average molecular weight is 609 g/mol. The van der Waals surface area contributed by atoms with Crippen molar-refractivity contribution in [3.8, 4) is 23.0 Å². The summed E-state index contributed by atoms with van der Waals surface area (Å²) in [5, 5.41) is 18.8. The summed E-state index contributed by atoms with van der Waals surface area (Å²) < 4.78 is 52.3. The second-order valence-corrected chi connectivity index (χ2v) is 12.2. The van der Waals surface area contributed by atoms with Crippen LogP contribution >= 0.6 is 0 Å². The number of carbonyl (C=O) groups is 1. The summed E-state index contributed by atoms with van der Waals surface area (Å²) in [7, 11) is -1.20. The topological polar surface area (TPSA) is 142 Å². The fourth-order valence-electron chi connectivity index (χ4n) is 5.86. The van der Waals surface area contributed by atoms with Crippen LogP contribution in [-0.4, -0.2) is 59.6 Å². The van der Waals surface area contributed by atoms with Gasteiger partial charge in [-0.3, -0.25) is 4.79 Å². The molecule has 226 valence electrons. The minimum atomic E-state index is -4.15. The molecule has 3 aromatic carbocycles. The third-order valence-electron chi connectivity index (χ3n) is 7.99. The molecule has 1 aromatic heterocycles. The van der Waals surface area contributed by atoms with E-state index in [9.17, 15) is 18.3 Å². The number of aryl methyl sites for hydroxylation is 2. The van der Waals surface area contributed by atoms with Gasteiger partial charge in [0.05, 0.1) is 32.8 Å². The standard InChI is InChI=1S/C30H32N4O8S/c1-18-23-7-8-25-29(18)31-32-34(25)10-4-5-11-41-22-6-9-26-20(13-22)16-33(43(37,38)42-26)17-21-12-19(24(23)15-28(35)36)14-27(39-2)30(21)40-3/h6-9,12-14,24H,4-5,10-11,15-17H2,1-3H3,(H,35,36). The number of aromatic nitrogens is 3. The molecular weight excluding hydrogens is 576 g/mol. The minimum Gasteiger partial charge on any atom is -0.494 e. The van der Waals surface area contributed by atoms with Crippen LogP contribution in [0.5, 0.6) is 23.0 Å². The van der Waals surface area contributed by atoms with Gasteiger partial charge >= 0.3 is 16.3 Å². The Morgan fingerprint density at radius 1 is 1.07 bits per heavy atom. The van der Waals surface area contributed by atoms with Crippen LogP contribution in [0.2, 0.25) is 0 Å². The minimum absolute atomic E-state index is 0.0466. The lowest BCUT2D eigenvalue weighted by atomic mass is 9.84. The Morgan fingerprint density at radius 3 is 2.65 bits per heavy atom. The number of methoxy groups -OCH3 is 2. The van der Waals surface area contributed by atoms with Crippen molar-refractivity contribution in [2.75, 3.05) is 20.8 Å². The van der Waals surface area contributed by atoms with Gasteiger partial charge in [-0.05, 0) is 72.9 Å². The van der Waals surface area contributed by atoms with Gasteiger partial charge in [-0.15, -0.1) is 5.10 Å². The molecule has 12 nitrogen and oxygen atoms in total. The number of carboxylic acids is 1. The van der Waals surface area contributed by atoms with E-state index in [1.165, 1.54) is 18.5 Å². The van der Waals surface area contributed by atoms with E-state index in [2.05, 4.69) is 10.3 Å². The maximum atomic E-state index is 13.2. The highest BCUT2D eigenvalue weighted by molar-refractivity contribution is 7.84. The molecule has 0 amide bonds. The number of hydrogen-bond acceptors (Lipinski definition) is 9. The summed E-state index contributed by atoms with van der Waals surface area (Å²) in [4.78, 5) is 12.2. The van der Waals surface area contributed by atoms with Crippen LogP contribution in [0.4, 0.5) is 0 Å². The highest BCUT2D eigenvalue weighted by Gasteiger charge is 2.34. The molecule has 0 aliphatic carbocycles. The summed E-state index contributed by atoms with van der Waals surface area (Å²) in [5.41, 5.74) is 4.94. The predicted octanol–water partition coefficient (Wildman–Crippen LogP) is 4.18. The van der Waals surface area contributed by atoms with E-state index in [-0.39, 0.29) is 25.3 Å². The average Bonchev–Trinajstić information content (AvgIpc) is 3.39.